The zero-order valence-corrected chi connectivity index (χ0v) is 9.71. The van der Waals surface area contributed by atoms with E-state index in [1.165, 1.54) is 0 Å². The molecule has 1 aromatic rings. The van der Waals surface area contributed by atoms with Crippen LogP contribution in [0.5, 0.6) is 0 Å². The maximum absolute atomic E-state index is 12.7. The normalized spacial score (nSPS) is 11.9. The molecule has 0 bridgehead atoms. The van der Waals surface area contributed by atoms with E-state index in [0.717, 1.165) is 18.5 Å². The molecule has 0 aliphatic rings. The Bertz CT molecular complexity index is 397. The van der Waals surface area contributed by atoms with Crippen LogP contribution in [-0.2, 0) is 6.18 Å². The van der Waals surface area contributed by atoms with Crippen LogP contribution in [-0.4, -0.2) is 10.8 Å². The minimum Gasteiger partial charge on any atom is -0.294 e. The average Bonchev–Trinajstić information content (AvgIpc) is 2.29. The fourth-order valence-electron chi connectivity index (χ4n) is 1.72. The van der Waals surface area contributed by atoms with Gasteiger partial charge in [-0.3, -0.25) is 9.78 Å². The fourth-order valence-corrected chi connectivity index (χ4v) is 1.72. The first-order chi connectivity index (χ1) is 7.91. The molecular formula is C12H14F3NO. The van der Waals surface area contributed by atoms with E-state index < -0.39 is 17.5 Å². The molecule has 17 heavy (non-hydrogen) atoms. The van der Waals surface area contributed by atoms with Gasteiger partial charge in [-0.25, -0.2) is 0 Å². The van der Waals surface area contributed by atoms with Gasteiger partial charge in [-0.15, -0.1) is 0 Å². The molecule has 0 aliphatic carbocycles. The fraction of sp³-hybridized carbons (Fsp3) is 0.500. The Morgan fingerprint density at radius 2 is 1.94 bits per heavy atom. The molecule has 0 amide bonds. The van der Waals surface area contributed by atoms with E-state index in [1.54, 1.807) is 13.8 Å². The average molecular weight is 245 g/mol. The summed E-state index contributed by atoms with van der Waals surface area (Å²) < 4.78 is 38.1. The highest BCUT2D eigenvalue weighted by Crippen LogP contribution is 2.33. The van der Waals surface area contributed by atoms with Crippen LogP contribution in [0, 0.1) is 5.92 Å². The van der Waals surface area contributed by atoms with Gasteiger partial charge in [0.25, 0.3) is 0 Å². The van der Waals surface area contributed by atoms with E-state index in [4.69, 9.17) is 0 Å². The zero-order chi connectivity index (χ0) is 13.1. The molecule has 0 spiro atoms. The van der Waals surface area contributed by atoms with Crippen molar-refractivity contribution in [2.45, 2.75) is 32.9 Å². The third kappa shape index (κ3) is 3.05. The highest BCUT2D eigenvalue weighted by Gasteiger charge is 2.36. The molecule has 0 unspecified atom stereocenters. The Morgan fingerprint density at radius 1 is 1.35 bits per heavy atom. The predicted molar refractivity (Wildman–Crippen MR) is 57.6 cm³/mol. The number of hydrogen-bond donors (Lipinski definition) is 0. The lowest BCUT2D eigenvalue weighted by atomic mass is 9.91. The smallest absolute Gasteiger partial charge is 0.294 e. The van der Waals surface area contributed by atoms with Crippen molar-refractivity contribution in [3.63, 3.8) is 0 Å². The molecule has 94 valence electrons. The standard InChI is InChI=1S/C12H14F3NO/c1-3-8(4-2)11(17)9-7-16-6-5-10(9)12(13,14)15/h5-8H,3-4H2,1-2H3. The summed E-state index contributed by atoms with van der Waals surface area (Å²) in [5, 5.41) is 0. The molecule has 1 rings (SSSR count). The molecule has 0 atom stereocenters. The number of aromatic nitrogens is 1. The Balaban J connectivity index is 3.18. The van der Waals surface area contributed by atoms with Gasteiger partial charge in [0.05, 0.1) is 5.56 Å². The summed E-state index contributed by atoms with van der Waals surface area (Å²) >= 11 is 0. The second-order valence-corrected chi connectivity index (χ2v) is 3.80. The molecule has 0 aliphatic heterocycles. The number of Topliss-reactive ketones (excluding diaryl/α,β-unsaturated/α-hetero) is 1. The van der Waals surface area contributed by atoms with Crippen LogP contribution in [0.4, 0.5) is 13.2 Å². The summed E-state index contributed by atoms with van der Waals surface area (Å²) in [6.07, 6.45) is -1.40. The minimum atomic E-state index is -4.51. The van der Waals surface area contributed by atoms with Crippen LogP contribution in [0.2, 0.25) is 0 Å². The Kier molecular flexibility index (Phi) is 4.26. The molecule has 0 saturated heterocycles. The number of halogens is 3. The number of hydrogen-bond acceptors (Lipinski definition) is 2. The van der Waals surface area contributed by atoms with E-state index in [1.807, 2.05) is 0 Å². The van der Waals surface area contributed by atoms with E-state index >= 15 is 0 Å². The van der Waals surface area contributed by atoms with Crippen molar-refractivity contribution < 1.29 is 18.0 Å². The second-order valence-electron chi connectivity index (χ2n) is 3.80. The van der Waals surface area contributed by atoms with Gasteiger partial charge in [0, 0.05) is 23.9 Å². The molecule has 0 N–H and O–H groups in total. The van der Waals surface area contributed by atoms with Crippen LogP contribution < -0.4 is 0 Å². The van der Waals surface area contributed by atoms with Crippen molar-refractivity contribution in [2.75, 3.05) is 0 Å². The zero-order valence-electron chi connectivity index (χ0n) is 9.71. The predicted octanol–water partition coefficient (Wildman–Crippen LogP) is 3.72. The number of carbonyl (C=O) groups excluding carboxylic acids is 1. The van der Waals surface area contributed by atoms with Crippen LogP contribution in [0.3, 0.4) is 0 Å². The topological polar surface area (TPSA) is 30.0 Å². The van der Waals surface area contributed by atoms with E-state index in [9.17, 15) is 18.0 Å². The molecule has 1 aromatic heterocycles. The second kappa shape index (κ2) is 5.29. The lowest BCUT2D eigenvalue weighted by molar-refractivity contribution is -0.138. The van der Waals surface area contributed by atoms with Gasteiger partial charge >= 0.3 is 6.18 Å². The number of nitrogens with zero attached hydrogens (tertiary/aromatic N) is 1. The summed E-state index contributed by atoms with van der Waals surface area (Å²) in [7, 11) is 0. The van der Waals surface area contributed by atoms with Crippen LogP contribution in [0.25, 0.3) is 0 Å². The van der Waals surface area contributed by atoms with Gasteiger partial charge < -0.3 is 0 Å². The Morgan fingerprint density at radius 3 is 2.41 bits per heavy atom. The quantitative estimate of drug-likeness (QED) is 0.757. The Hall–Kier alpha value is -1.39. The van der Waals surface area contributed by atoms with Gasteiger partial charge in [0.2, 0.25) is 0 Å². The Labute approximate surface area is 97.9 Å². The summed E-state index contributed by atoms with van der Waals surface area (Å²) in [6.45, 7) is 3.57. The maximum atomic E-state index is 12.7. The summed E-state index contributed by atoms with van der Waals surface area (Å²) in [5.41, 5.74) is -1.22. The van der Waals surface area contributed by atoms with E-state index in [-0.39, 0.29) is 11.5 Å². The van der Waals surface area contributed by atoms with Gasteiger partial charge in [0.1, 0.15) is 0 Å². The first-order valence-corrected chi connectivity index (χ1v) is 5.47. The van der Waals surface area contributed by atoms with Gasteiger partial charge in [0.15, 0.2) is 5.78 Å². The van der Waals surface area contributed by atoms with E-state index in [0.29, 0.717) is 12.8 Å². The molecule has 1 heterocycles. The third-order valence-corrected chi connectivity index (χ3v) is 2.75. The van der Waals surface area contributed by atoms with Gasteiger partial charge in [-0.05, 0) is 18.9 Å². The molecule has 0 radical (unpaired) electrons. The van der Waals surface area contributed by atoms with Gasteiger partial charge in [-0.2, -0.15) is 13.2 Å². The number of carbonyl (C=O) groups is 1. The minimum absolute atomic E-state index is 0.325. The molecule has 5 heteroatoms. The van der Waals surface area contributed by atoms with Crippen molar-refractivity contribution >= 4 is 5.78 Å². The van der Waals surface area contributed by atoms with Crippen LogP contribution in [0.15, 0.2) is 18.5 Å². The molecule has 0 fully saturated rings. The highest BCUT2D eigenvalue weighted by atomic mass is 19.4. The van der Waals surface area contributed by atoms with Crippen molar-refractivity contribution in [1.29, 1.82) is 0 Å². The third-order valence-electron chi connectivity index (χ3n) is 2.75. The number of rotatable bonds is 4. The number of pyridine rings is 1. The molecular weight excluding hydrogens is 231 g/mol. The number of alkyl halides is 3. The first kappa shape index (κ1) is 13.7. The maximum Gasteiger partial charge on any atom is 0.417 e. The highest BCUT2D eigenvalue weighted by molar-refractivity contribution is 5.99. The van der Waals surface area contributed by atoms with Crippen LogP contribution >= 0.6 is 0 Å². The molecule has 0 aromatic carbocycles. The van der Waals surface area contributed by atoms with Gasteiger partial charge in [-0.1, -0.05) is 13.8 Å². The van der Waals surface area contributed by atoms with Crippen molar-refractivity contribution in [2.24, 2.45) is 5.92 Å². The monoisotopic (exact) mass is 245 g/mol. The van der Waals surface area contributed by atoms with Crippen molar-refractivity contribution in [1.82, 2.24) is 4.98 Å². The van der Waals surface area contributed by atoms with Crippen molar-refractivity contribution in [3.05, 3.63) is 29.6 Å². The SMILES string of the molecule is CCC(CC)C(=O)c1cnccc1C(F)(F)F. The summed E-state index contributed by atoms with van der Waals surface area (Å²) in [4.78, 5) is 15.5. The largest absolute Gasteiger partial charge is 0.417 e. The van der Waals surface area contributed by atoms with Crippen LogP contribution in [0.1, 0.15) is 42.6 Å². The van der Waals surface area contributed by atoms with E-state index in [2.05, 4.69) is 4.98 Å². The lowest BCUT2D eigenvalue weighted by Crippen LogP contribution is -2.19. The summed E-state index contributed by atoms with van der Waals surface area (Å²) in [6, 6.07) is 0.843. The lowest BCUT2D eigenvalue weighted by Gasteiger charge is -2.15. The molecule has 2 nitrogen and oxygen atoms in total. The first-order valence-electron chi connectivity index (χ1n) is 5.47. The number of ketones is 1. The van der Waals surface area contributed by atoms with Crippen molar-refractivity contribution in [3.8, 4) is 0 Å². The molecule has 0 saturated carbocycles. The summed E-state index contributed by atoms with van der Waals surface area (Å²) in [5.74, 6) is -0.851.